The van der Waals surface area contributed by atoms with Crippen molar-refractivity contribution in [1.82, 2.24) is 0 Å². The van der Waals surface area contributed by atoms with Gasteiger partial charge in [0, 0.05) is 10.9 Å². The Kier molecular flexibility index (Phi) is 5.35. The van der Waals surface area contributed by atoms with E-state index in [1.807, 2.05) is 0 Å². The van der Waals surface area contributed by atoms with Crippen LogP contribution in [0.25, 0.3) is 0 Å². The number of halogens is 1. The van der Waals surface area contributed by atoms with Crippen LogP contribution in [0.15, 0.2) is 53.5 Å². The second kappa shape index (κ2) is 7.79. The number of amidine groups is 1. The van der Waals surface area contributed by atoms with Gasteiger partial charge in [-0.2, -0.15) is 4.99 Å². The summed E-state index contributed by atoms with van der Waals surface area (Å²) in [6.07, 6.45) is 0.110. The molecular formula is C20H19FN2O4S2. The summed E-state index contributed by atoms with van der Waals surface area (Å²) in [6, 6.07) is 12.7. The maximum atomic E-state index is 13.8. The quantitative estimate of drug-likeness (QED) is 0.737. The van der Waals surface area contributed by atoms with E-state index in [9.17, 15) is 17.6 Å². The molecule has 0 spiro atoms. The van der Waals surface area contributed by atoms with Gasteiger partial charge in [0.1, 0.15) is 11.6 Å². The van der Waals surface area contributed by atoms with Gasteiger partial charge < -0.3 is 9.64 Å². The molecule has 2 aromatic carbocycles. The van der Waals surface area contributed by atoms with Crippen LogP contribution >= 0.6 is 11.8 Å². The Morgan fingerprint density at radius 3 is 2.69 bits per heavy atom. The minimum absolute atomic E-state index is 0.0276. The second-order valence-electron chi connectivity index (χ2n) is 6.96. The normalized spacial score (nSPS) is 23.9. The van der Waals surface area contributed by atoms with Gasteiger partial charge in [-0.25, -0.2) is 12.8 Å². The Balaban J connectivity index is 1.61. The molecule has 2 fully saturated rings. The summed E-state index contributed by atoms with van der Waals surface area (Å²) in [4.78, 5) is 18.5. The molecule has 0 saturated carbocycles. The van der Waals surface area contributed by atoms with E-state index in [-0.39, 0.29) is 35.1 Å². The number of carbonyl (C=O) groups excluding carboxylic acids is 1. The number of nitrogens with zero attached hydrogens (tertiary/aromatic N) is 2. The van der Waals surface area contributed by atoms with Crippen LogP contribution < -0.4 is 9.64 Å². The molecule has 152 valence electrons. The number of benzene rings is 2. The molecule has 4 rings (SSSR count). The first-order chi connectivity index (χ1) is 13.8. The highest BCUT2D eigenvalue weighted by Gasteiger charge is 2.49. The standard InChI is InChI=1S/C20H19FN2O4S2/c1-27-16-7-5-13(6-8-16)9-19(24)22-20-23(15-4-2-3-14(21)10-15)17-11-29(25,26)12-18(17)28-20/h2-8,10,17-18H,9,11-12H2,1H3/t17-,18+/m1/s1. The van der Waals surface area contributed by atoms with E-state index in [1.165, 1.54) is 23.9 Å². The molecule has 0 unspecified atom stereocenters. The maximum absolute atomic E-state index is 13.8. The zero-order valence-corrected chi connectivity index (χ0v) is 17.2. The fourth-order valence-corrected chi connectivity index (χ4v) is 7.49. The molecule has 1 amide bonds. The van der Waals surface area contributed by atoms with Gasteiger partial charge >= 0.3 is 0 Å². The summed E-state index contributed by atoms with van der Waals surface area (Å²) >= 11 is 1.27. The summed E-state index contributed by atoms with van der Waals surface area (Å²) in [5.41, 5.74) is 1.29. The monoisotopic (exact) mass is 434 g/mol. The van der Waals surface area contributed by atoms with Gasteiger partial charge in [-0.15, -0.1) is 0 Å². The van der Waals surface area contributed by atoms with Crippen LogP contribution in [0.5, 0.6) is 5.75 Å². The summed E-state index contributed by atoms with van der Waals surface area (Å²) in [5, 5.41) is 0.190. The van der Waals surface area contributed by atoms with Crippen LogP contribution in [0, 0.1) is 5.82 Å². The van der Waals surface area contributed by atoms with Crippen LogP contribution in [0.1, 0.15) is 5.56 Å². The van der Waals surface area contributed by atoms with Gasteiger partial charge in [-0.05, 0) is 35.9 Å². The van der Waals surface area contributed by atoms with Crippen LogP contribution in [0.3, 0.4) is 0 Å². The third-order valence-electron chi connectivity index (χ3n) is 4.89. The predicted molar refractivity (Wildman–Crippen MR) is 112 cm³/mol. The zero-order chi connectivity index (χ0) is 20.6. The first kappa shape index (κ1) is 19.9. The molecule has 0 N–H and O–H groups in total. The van der Waals surface area contributed by atoms with Gasteiger partial charge in [-0.1, -0.05) is 30.0 Å². The van der Waals surface area contributed by atoms with E-state index in [2.05, 4.69) is 4.99 Å². The number of anilines is 1. The number of thioether (sulfide) groups is 1. The Morgan fingerprint density at radius 1 is 1.24 bits per heavy atom. The molecule has 6 nitrogen and oxygen atoms in total. The number of fused-ring (bicyclic) bond motifs is 1. The SMILES string of the molecule is COc1ccc(CC(=O)N=C2S[C@H]3CS(=O)(=O)C[C@H]3N2c2cccc(F)c2)cc1. The largest absolute Gasteiger partial charge is 0.497 e. The average Bonchev–Trinajstić information content (AvgIpc) is 3.12. The number of sulfone groups is 1. The van der Waals surface area contributed by atoms with Crippen LogP contribution in [0.4, 0.5) is 10.1 Å². The van der Waals surface area contributed by atoms with Gasteiger partial charge in [-0.3, -0.25) is 4.79 Å². The third kappa shape index (κ3) is 4.30. The molecule has 29 heavy (non-hydrogen) atoms. The lowest BCUT2D eigenvalue weighted by molar-refractivity contribution is -0.117. The predicted octanol–water partition coefficient (Wildman–Crippen LogP) is 2.68. The average molecular weight is 435 g/mol. The van der Waals surface area contributed by atoms with Crippen molar-refractivity contribution in [2.75, 3.05) is 23.5 Å². The molecule has 2 heterocycles. The van der Waals surface area contributed by atoms with Gasteiger partial charge in [0.05, 0.1) is 31.1 Å². The Bertz CT molecular complexity index is 1070. The fraction of sp³-hybridized carbons (Fsp3) is 0.300. The fourth-order valence-electron chi connectivity index (χ4n) is 3.56. The van der Waals surface area contributed by atoms with Crippen LogP contribution in [-0.2, 0) is 21.1 Å². The molecule has 2 aliphatic rings. The van der Waals surface area contributed by atoms with E-state index < -0.39 is 15.7 Å². The van der Waals surface area contributed by atoms with Crippen molar-refractivity contribution >= 4 is 38.4 Å². The highest BCUT2D eigenvalue weighted by molar-refractivity contribution is 8.16. The number of hydrogen-bond donors (Lipinski definition) is 0. The van der Waals surface area contributed by atoms with Gasteiger partial charge in [0.2, 0.25) is 0 Å². The van der Waals surface area contributed by atoms with E-state index in [0.717, 1.165) is 5.56 Å². The minimum Gasteiger partial charge on any atom is -0.497 e. The Hall–Kier alpha value is -2.39. The molecule has 9 heteroatoms. The highest BCUT2D eigenvalue weighted by Crippen LogP contribution is 2.41. The summed E-state index contributed by atoms with van der Waals surface area (Å²) in [7, 11) is -1.60. The number of ether oxygens (including phenoxy) is 1. The molecule has 0 aromatic heterocycles. The number of hydrogen-bond acceptors (Lipinski definition) is 5. The number of amides is 1. The Labute approximate surface area is 172 Å². The zero-order valence-electron chi connectivity index (χ0n) is 15.6. The highest BCUT2D eigenvalue weighted by atomic mass is 32.2. The molecule has 0 aliphatic carbocycles. The van der Waals surface area contributed by atoms with Crippen molar-refractivity contribution in [2.24, 2.45) is 4.99 Å². The van der Waals surface area contributed by atoms with Crippen LogP contribution in [-0.4, -0.2) is 49.4 Å². The number of aliphatic imine (C=N–C) groups is 1. The first-order valence-electron chi connectivity index (χ1n) is 9.01. The van der Waals surface area contributed by atoms with Crippen molar-refractivity contribution < 1.29 is 22.3 Å². The number of carbonyl (C=O) groups is 1. The van der Waals surface area contributed by atoms with Gasteiger partial charge in [0.15, 0.2) is 15.0 Å². The first-order valence-corrected chi connectivity index (χ1v) is 11.7. The van der Waals surface area contributed by atoms with Crippen molar-refractivity contribution in [3.05, 3.63) is 59.9 Å². The second-order valence-corrected chi connectivity index (χ2v) is 10.3. The molecule has 0 bridgehead atoms. The summed E-state index contributed by atoms with van der Waals surface area (Å²) < 4.78 is 43.1. The summed E-state index contributed by atoms with van der Waals surface area (Å²) in [6.45, 7) is 0. The lowest BCUT2D eigenvalue weighted by atomic mass is 10.1. The smallest absolute Gasteiger partial charge is 0.252 e. The number of methoxy groups -OCH3 is 1. The maximum Gasteiger partial charge on any atom is 0.252 e. The third-order valence-corrected chi connectivity index (χ3v) is 8.10. The Morgan fingerprint density at radius 2 is 2.00 bits per heavy atom. The van der Waals surface area contributed by atoms with Crippen molar-refractivity contribution in [3.8, 4) is 5.75 Å². The molecule has 2 atom stereocenters. The topological polar surface area (TPSA) is 76.0 Å². The minimum atomic E-state index is -3.17. The van der Waals surface area contributed by atoms with Crippen molar-refractivity contribution in [3.63, 3.8) is 0 Å². The van der Waals surface area contributed by atoms with E-state index >= 15 is 0 Å². The molecule has 0 radical (unpaired) electrons. The summed E-state index contributed by atoms with van der Waals surface area (Å²) in [5.74, 6) is -0.0834. The van der Waals surface area contributed by atoms with E-state index in [4.69, 9.17) is 4.74 Å². The number of rotatable bonds is 4. The molecule has 2 aliphatic heterocycles. The van der Waals surface area contributed by atoms with E-state index in [0.29, 0.717) is 16.6 Å². The lowest BCUT2D eigenvalue weighted by Gasteiger charge is -2.24. The van der Waals surface area contributed by atoms with Crippen LogP contribution in [0.2, 0.25) is 0 Å². The molecule has 2 saturated heterocycles. The van der Waals surface area contributed by atoms with Crippen molar-refractivity contribution in [2.45, 2.75) is 17.7 Å². The van der Waals surface area contributed by atoms with Crippen molar-refractivity contribution in [1.29, 1.82) is 0 Å². The molecular weight excluding hydrogens is 415 g/mol. The van der Waals surface area contributed by atoms with E-state index in [1.54, 1.807) is 48.4 Å². The lowest BCUT2D eigenvalue weighted by Crippen LogP contribution is -2.37. The molecule has 2 aromatic rings. The van der Waals surface area contributed by atoms with Gasteiger partial charge in [0.25, 0.3) is 5.91 Å².